The summed E-state index contributed by atoms with van der Waals surface area (Å²) in [7, 11) is 0. The van der Waals surface area contributed by atoms with Gasteiger partial charge >= 0.3 is 52.6 Å². The molecule has 4 N–H and O–H groups in total. The number of hydrogen-bond donors (Lipinski definition) is 4. The summed E-state index contributed by atoms with van der Waals surface area (Å²) in [6, 6.07) is 17.5. The van der Waals surface area contributed by atoms with Gasteiger partial charge in [-0.15, -0.1) is 0 Å². The van der Waals surface area contributed by atoms with E-state index in [1.54, 1.807) is 6.07 Å². The van der Waals surface area contributed by atoms with Crippen molar-refractivity contribution in [2.24, 2.45) is 11.8 Å². The number of hydrogen-bond acceptors (Lipinski definition) is 18. The van der Waals surface area contributed by atoms with Gasteiger partial charge in [0, 0.05) is 44.8 Å². The summed E-state index contributed by atoms with van der Waals surface area (Å²) in [5.41, 5.74) is 1.47. The van der Waals surface area contributed by atoms with Crippen LogP contribution in [0.4, 0.5) is 0 Å². The fraction of sp³-hybridized carbons (Fsp3) is 0.321. The Hall–Kier alpha value is -8.55. The van der Waals surface area contributed by atoms with Gasteiger partial charge in [-0.1, -0.05) is 51.0 Å². The van der Waals surface area contributed by atoms with Gasteiger partial charge in [0.15, 0.2) is 0 Å². The van der Waals surface area contributed by atoms with Crippen LogP contribution in [0, 0.1) is 11.8 Å². The summed E-state index contributed by atoms with van der Waals surface area (Å²) in [5.74, 6) is -5.50. The topological polar surface area (TPSA) is 335 Å². The number of nitrogens with zero attached hydrogens (tertiary/aromatic N) is 8. The number of esters is 3. The zero-order valence-electron chi connectivity index (χ0n) is 43.2. The van der Waals surface area contributed by atoms with Crippen molar-refractivity contribution >= 4 is 79.9 Å². The van der Waals surface area contributed by atoms with Crippen LogP contribution in [0.15, 0.2) is 72.8 Å². The fourth-order valence-corrected chi connectivity index (χ4v) is 9.20. The van der Waals surface area contributed by atoms with Gasteiger partial charge in [0.2, 0.25) is 0 Å². The minimum atomic E-state index is -1.21. The number of carboxylic acids is 3. The molecule has 0 fully saturated rings. The van der Waals surface area contributed by atoms with Gasteiger partial charge in [-0.05, 0) is 95.8 Å². The molecule has 2 aliphatic heterocycles. The van der Waals surface area contributed by atoms with Crippen LogP contribution in [0.3, 0.4) is 0 Å². The summed E-state index contributed by atoms with van der Waals surface area (Å²) in [4.78, 5) is 114. The van der Waals surface area contributed by atoms with Gasteiger partial charge in [-0.2, -0.15) is 0 Å². The van der Waals surface area contributed by atoms with Gasteiger partial charge < -0.3 is 74.0 Å². The van der Waals surface area contributed by atoms with E-state index in [0.29, 0.717) is 75.9 Å². The van der Waals surface area contributed by atoms with E-state index >= 15 is 0 Å². The van der Waals surface area contributed by atoms with E-state index in [4.69, 9.17) is 68.7 Å². The van der Waals surface area contributed by atoms with Gasteiger partial charge in [-0.3, -0.25) is 9.59 Å². The number of aliphatic hydroxyl groups excluding tert-OH is 1. The number of carboxylic acid groups (broad SMARTS) is 3. The molecule has 1 radical (unpaired) electrons. The number of fused-ring (bicyclic) bond motifs is 20. The number of ether oxygens (including phenoxy) is 5. The van der Waals surface area contributed by atoms with Crippen molar-refractivity contribution < 1.29 is 89.7 Å². The van der Waals surface area contributed by atoms with Crippen molar-refractivity contribution in [3.05, 3.63) is 95.1 Å². The van der Waals surface area contributed by atoms with E-state index in [9.17, 15) is 44.1 Å². The van der Waals surface area contributed by atoms with Crippen LogP contribution >= 0.6 is 0 Å². The van der Waals surface area contributed by atoms with Gasteiger partial charge in [0.05, 0.1) is 90.4 Å². The number of benzene rings is 4. The molecule has 80 heavy (non-hydrogen) atoms. The third-order valence-corrected chi connectivity index (χ3v) is 13.2. The number of aromatic carboxylic acids is 3. The van der Waals surface area contributed by atoms with Crippen LogP contribution in [0.2, 0.25) is 0 Å². The fourth-order valence-electron chi connectivity index (χ4n) is 9.20. The molecular weight excluding hydrogens is 1080 g/mol. The molecule has 23 nitrogen and oxygen atoms in total. The zero-order chi connectivity index (χ0) is 55.7. The second kappa shape index (κ2) is 25.9. The van der Waals surface area contributed by atoms with E-state index in [-0.39, 0.29) is 162 Å². The van der Waals surface area contributed by atoms with E-state index in [2.05, 4.69) is 0 Å². The maximum atomic E-state index is 13.6. The molecule has 7 aromatic rings. The van der Waals surface area contributed by atoms with Crippen LogP contribution in [0.5, 0.6) is 0 Å². The minimum Gasteiger partial charge on any atom is -0.478 e. The van der Waals surface area contributed by atoms with Crippen molar-refractivity contribution in [1.82, 2.24) is 39.9 Å². The molecule has 9 rings (SSSR count). The predicted octanol–water partition coefficient (Wildman–Crippen LogP) is 7.10. The second-order valence-corrected chi connectivity index (χ2v) is 18.4. The summed E-state index contributed by atoms with van der Waals surface area (Å²) >= 11 is 0. The number of rotatable bonds is 24. The molecule has 0 saturated carbocycles. The number of aromatic nitrogens is 8. The minimum absolute atomic E-state index is 0. The van der Waals surface area contributed by atoms with Crippen LogP contribution < -0.4 is 9.97 Å². The first kappa shape index (κ1) is 57.6. The molecule has 2 atom stereocenters. The Kier molecular flexibility index (Phi) is 18.7. The van der Waals surface area contributed by atoms with Crippen molar-refractivity contribution in [3.63, 3.8) is 0 Å². The summed E-state index contributed by atoms with van der Waals surface area (Å²) in [6.07, 6.45) is 3.70. The maximum Gasteiger partial charge on any atom is 2.00 e. The smallest absolute Gasteiger partial charge is 0.478 e. The monoisotopic (exact) mass is 1140 g/mol. The molecule has 4 aromatic carbocycles. The Morgan fingerprint density at radius 3 is 1.36 bits per heavy atom. The van der Waals surface area contributed by atoms with E-state index in [1.165, 1.54) is 66.7 Å². The van der Waals surface area contributed by atoms with Crippen LogP contribution in [-0.2, 0) is 50.1 Å². The van der Waals surface area contributed by atoms with Crippen molar-refractivity contribution in [2.45, 2.75) is 52.4 Å². The van der Waals surface area contributed by atoms with Crippen LogP contribution in [0.25, 0.3) is 89.7 Å². The molecule has 0 spiro atoms. The molecule has 24 heteroatoms. The van der Waals surface area contributed by atoms with Crippen LogP contribution in [0.1, 0.15) is 93.8 Å². The van der Waals surface area contributed by atoms with Gasteiger partial charge in [0.25, 0.3) is 0 Å². The van der Waals surface area contributed by atoms with Gasteiger partial charge in [-0.25, -0.2) is 29.1 Å². The maximum absolute atomic E-state index is 13.6. The molecular formula is C56H52CoN8O15. The van der Waals surface area contributed by atoms with E-state index in [1.807, 2.05) is 13.8 Å². The van der Waals surface area contributed by atoms with Crippen LogP contribution in [-0.4, -0.2) is 139 Å². The molecule has 0 saturated heterocycles. The second-order valence-electron chi connectivity index (χ2n) is 18.4. The first-order chi connectivity index (χ1) is 38.2. The Balaban J connectivity index is 0.00000841. The first-order valence-corrected chi connectivity index (χ1v) is 25.5. The predicted molar refractivity (Wildman–Crippen MR) is 282 cm³/mol. The largest absolute Gasteiger partial charge is 2.00 e. The molecule has 3 aromatic heterocycles. The molecule has 0 amide bonds. The normalized spacial score (nSPS) is 12.2. The standard InChI is InChI=1S/C56H54N8O15.Co/c1-3-6-30(8-5-7-29(4-2)54(72)77-22-19-75-18-17-65)55(73)78-23-20-76-21-24-79-56(74)34-12-16-38-42(28-34)50-63-45-37-15-11-33(53(70)71)27-41(37)48(61-45)59-43-35-13-9-31(51(66)67)25-39(35)47(57-43)58-44-36-14-10-32(52(68)69)26-40(36)49(60-44)62-46(38)64-50;/h9-16,25-30,65H,3-8,17-24H2,1-2H3,(H5,57,58,59,60,61,62,63,64,66,67,68,69,70,71,74);/q;+2/p-2. The Labute approximate surface area is 465 Å². The zero-order valence-corrected chi connectivity index (χ0v) is 44.2. The van der Waals surface area contributed by atoms with Crippen molar-refractivity contribution in [2.75, 3.05) is 52.9 Å². The molecule has 2 aliphatic rings. The van der Waals surface area contributed by atoms with Crippen molar-refractivity contribution in [3.8, 4) is 45.6 Å². The average Bonchev–Trinajstić information content (AvgIpc) is 4.18. The van der Waals surface area contributed by atoms with Gasteiger partial charge in [0.1, 0.15) is 19.8 Å². The number of aliphatic hydroxyl groups is 1. The summed E-state index contributed by atoms with van der Waals surface area (Å²) < 4.78 is 27.2. The molecule has 2 unspecified atom stereocenters. The van der Waals surface area contributed by atoms with E-state index < -0.39 is 23.9 Å². The molecule has 415 valence electrons. The average molecular weight is 1140 g/mol. The number of carbonyl (C=O) groups is 6. The van der Waals surface area contributed by atoms with E-state index in [0.717, 1.165) is 6.42 Å². The molecule has 5 heterocycles. The Morgan fingerprint density at radius 2 is 0.875 bits per heavy atom. The first-order valence-electron chi connectivity index (χ1n) is 25.5. The summed E-state index contributed by atoms with van der Waals surface area (Å²) in [5, 5.41) is 40.1. The quantitative estimate of drug-likeness (QED) is 0.0266. The third-order valence-electron chi connectivity index (χ3n) is 13.2. The van der Waals surface area contributed by atoms with Crippen molar-refractivity contribution in [1.29, 1.82) is 0 Å². The third kappa shape index (κ3) is 12.8. The Morgan fingerprint density at radius 1 is 0.463 bits per heavy atom. The molecule has 8 bridgehead atoms. The number of carbonyl (C=O) groups excluding carboxylic acids is 3. The SMILES string of the molecule is CCCC(CCCC(CC)C(=O)OCCOCCO)C(=O)OCCOCCOC(=O)c1ccc2c3nc4nc(nc5[n-]c(nc6nc(nc([n-]3)c2c1)-c1ccc(C(=O)O)cc1-6)c1ccc(C(=O)O)cc51)-c1ccc(C(=O)O)cc1-4.[Co+2]. The molecule has 0 aliphatic carbocycles. The Bertz CT molecular complexity index is 3690. The summed E-state index contributed by atoms with van der Waals surface area (Å²) in [6.45, 7) is 4.10.